The zero-order valence-corrected chi connectivity index (χ0v) is 18.6. The van der Waals surface area contributed by atoms with Crippen LogP contribution in [0, 0.1) is 27.7 Å². The first-order valence-corrected chi connectivity index (χ1v) is 10.3. The van der Waals surface area contributed by atoms with Gasteiger partial charge in [-0.3, -0.25) is 14.2 Å². The zero-order chi connectivity index (χ0) is 21.1. The smallest absolute Gasteiger partial charge is 0.251 e. The molecule has 0 aliphatic heterocycles. The molecule has 0 aliphatic rings. The number of amides is 1. The van der Waals surface area contributed by atoms with E-state index in [1.165, 1.54) is 0 Å². The molecule has 154 valence electrons. The van der Waals surface area contributed by atoms with Gasteiger partial charge in [-0.05, 0) is 51.8 Å². The molecule has 0 fully saturated rings. The molecule has 3 rings (SSSR count). The highest BCUT2D eigenvalue weighted by molar-refractivity contribution is 6.32. The normalized spacial score (nSPS) is 11.1. The van der Waals surface area contributed by atoms with Crippen LogP contribution in [0.3, 0.4) is 0 Å². The van der Waals surface area contributed by atoms with Crippen molar-refractivity contribution in [2.75, 3.05) is 6.54 Å². The van der Waals surface area contributed by atoms with Crippen LogP contribution in [-0.4, -0.2) is 32.0 Å². The second kappa shape index (κ2) is 9.01. The van der Waals surface area contributed by atoms with Gasteiger partial charge in [0.15, 0.2) is 0 Å². The van der Waals surface area contributed by atoms with E-state index in [4.69, 9.17) is 23.2 Å². The van der Waals surface area contributed by atoms with Crippen LogP contribution in [-0.2, 0) is 13.1 Å². The first kappa shape index (κ1) is 21.4. The molecule has 0 radical (unpaired) electrons. The molecule has 1 amide bonds. The third-order valence-electron chi connectivity index (χ3n) is 4.97. The fraction of sp³-hybridized carbons (Fsp3) is 0.381. The number of carbonyl (C=O) groups is 1. The van der Waals surface area contributed by atoms with Gasteiger partial charge >= 0.3 is 0 Å². The predicted molar refractivity (Wildman–Crippen MR) is 116 cm³/mol. The molecular weight excluding hydrogens is 409 g/mol. The van der Waals surface area contributed by atoms with Gasteiger partial charge in [-0.25, -0.2) is 0 Å². The molecule has 2 heterocycles. The Hall–Kier alpha value is -2.31. The molecule has 0 saturated carbocycles. The highest BCUT2D eigenvalue weighted by Crippen LogP contribution is 2.20. The maximum atomic E-state index is 12.4. The lowest BCUT2D eigenvalue weighted by Gasteiger charge is -2.08. The van der Waals surface area contributed by atoms with E-state index in [2.05, 4.69) is 15.5 Å². The minimum atomic E-state index is -0.0860. The summed E-state index contributed by atoms with van der Waals surface area (Å²) in [5.41, 5.74) is 5.24. The molecule has 0 atom stereocenters. The first-order valence-electron chi connectivity index (χ1n) is 9.54. The summed E-state index contributed by atoms with van der Waals surface area (Å²) in [6.45, 7) is 9.58. The lowest BCUT2D eigenvalue weighted by atomic mass is 10.1. The molecule has 2 aromatic heterocycles. The van der Waals surface area contributed by atoms with Gasteiger partial charge in [-0.15, -0.1) is 0 Å². The predicted octanol–water partition coefficient (Wildman–Crippen LogP) is 4.49. The van der Waals surface area contributed by atoms with Crippen LogP contribution < -0.4 is 5.32 Å². The van der Waals surface area contributed by atoms with Gasteiger partial charge in [-0.2, -0.15) is 10.2 Å². The zero-order valence-electron chi connectivity index (χ0n) is 17.1. The van der Waals surface area contributed by atoms with E-state index in [-0.39, 0.29) is 5.91 Å². The highest BCUT2D eigenvalue weighted by Gasteiger charge is 2.11. The van der Waals surface area contributed by atoms with Gasteiger partial charge in [0.1, 0.15) is 0 Å². The maximum absolute atomic E-state index is 12.4. The van der Waals surface area contributed by atoms with Crippen molar-refractivity contribution in [2.45, 2.75) is 47.2 Å². The lowest BCUT2D eigenvalue weighted by Crippen LogP contribution is -2.25. The Morgan fingerprint density at radius 3 is 2.00 bits per heavy atom. The van der Waals surface area contributed by atoms with Gasteiger partial charge in [0.25, 0.3) is 5.91 Å². The number of aromatic nitrogens is 4. The summed E-state index contributed by atoms with van der Waals surface area (Å²) in [6.07, 6.45) is 0.779. The lowest BCUT2D eigenvalue weighted by molar-refractivity contribution is 0.0952. The van der Waals surface area contributed by atoms with Crippen LogP contribution in [0.1, 0.15) is 45.1 Å². The molecule has 1 aromatic carbocycles. The molecule has 8 heteroatoms. The summed E-state index contributed by atoms with van der Waals surface area (Å²) < 4.78 is 3.75. The second-order valence-electron chi connectivity index (χ2n) is 7.16. The number of hydrogen-bond acceptors (Lipinski definition) is 3. The maximum Gasteiger partial charge on any atom is 0.251 e. The summed E-state index contributed by atoms with van der Waals surface area (Å²) in [5.74, 6) is -0.0860. The van der Waals surface area contributed by atoms with Crippen LogP contribution in [0.2, 0.25) is 10.0 Å². The Bertz CT molecular complexity index is 1020. The fourth-order valence-electron chi connectivity index (χ4n) is 3.19. The van der Waals surface area contributed by atoms with Gasteiger partial charge < -0.3 is 5.32 Å². The van der Waals surface area contributed by atoms with Crippen molar-refractivity contribution < 1.29 is 4.79 Å². The Morgan fingerprint density at radius 1 is 0.931 bits per heavy atom. The molecule has 1 N–H and O–H groups in total. The number of halogens is 2. The van der Waals surface area contributed by atoms with Gasteiger partial charge in [-0.1, -0.05) is 35.3 Å². The number of carbonyl (C=O) groups excluding carboxylic acids is 1. The van der Waals surface area contributed by atoms with Crippen LogP contribution >= 0.6 is 23.2 Å². The fourth-order valence-corrected chi connectivity index (χ4v) is 3.46. The summed E-state index contributed by atoms with van der Waals surface area (Å²) in [7, 11) is 0. The van der Waals surface area contributed by atoms with Gasteiger partial charge in [0.05, 0.1) is 39.4 Å². The van der Waals surface area contributed by atoms with Crippen LogP contribution in [0.25, 0.3) is 0 Å². The summed E-state index contributed by atoms with van der Waals surface area (Å²) in [4.78, 5) is 12.4. The van der Waals surface area contributed by atoms with E-state index in [0.29, 0.717) is 35.2 Å². The molecule has 0 bridgehead atoms. The summed E-state index contributed by atoms with van der Waals surface area (Å²) in [5, 5.41) is 13.2. The van der Waals surface area contributed by atoms with Crippen molar-refractivity contribution in [3.63, 3.8) is 0 Å². The van der Waals surface area contributed by atoms with Gasteiger partial charge in [0.2, 0.25) is 0 Å². The van der Waals surface area contributed by atoms with E-state index in [9.17, 15) is 4.79 Å². The largest absolute Gasteiger partial charge is 0.352 e. The van der Waals surface area contributed by atoms with Crippen LogP contribution in [0.4, 0.5) is 0 Å². The number of aryl methyl sites for hydroxylation is 3. The highest BCUT2D eigenvalue weighted by atomic mass is 35.5. The van der Waals surface area contributed by atoms with E-state index in [1.54, 1.807) is 0 Å². The molecule has 0 aliphatic carbocycles. The monoisotopic (exact) mass is 433 g/mol. The average molecular weight is 434 g/mol. The molecule has 0 unspecified atom stereocenters. The van der Waals surface area contributed by atoms with Crippen molar-refractivity contribution in [1.82, 2.24) is 24.9 Å². The molecule has 0 saturated heterocycles. The number of rotatable bonds is 7. The third kappa shape index (κ3) is 4.82. The number of hydrogen-bond donors (Lipinski definition) is 1. The van der Waals surface area contributed by atoms with E-state index >= 15 is 0 Å². The molecular formula is C21H25Cl2N5O. The van der Waals surface area contributed by atoms with Crippen LogP contribution in [0.5, 0.6) is 0 Å². The minimum absolute atomic E-state index is 0.0860. The Kier molecular flexibility index (Phi) is 6.65. The SMILES string of the molecule is Cc1nn(CCCNC(=O)c2ccc(Cn3nc(C)c(Cl)c3C)cc2)c(C)c1Cl. The minimum Gasteiger partial charge on any atom is -0.352 e. The van der Waals surface area contributed by atoms with Crippen molar-refractivity contribution in [2.24, 2.45) is 0 Å². The van der Waals surface area contributed by atoms with E-state index in [0.717, 1.165) is 34.8 Å². The standard InChI is InChI=1S/C21H25Cl2N5O/c1-13-19(22)15(3)27(25-13)11-5-10-24-21(29)18-8-6-17(7-9-18)12-28-16(4)20(23)14(2)26-28/h6-9H,5,10-12H2,1-4H3,(H,24,29). The van der Waals surface area contributed by atoms with Crippen molar-refractivity contribution in [3.8, 4) is 0 Å². The third-order valence-corrected chi connectivity index (χ3v) is 6.06. The quantitative estimate of drug-likeness (QED) is 0.558. The van der Waals surface area contributed by atoms with Crippen molar-refractivity contribution >= 4 is 29.1 Å². The Morgan fingerprint density at radius 2 is 1.48 bits per heavy atom. The average Bonchev–Trinajstić information content (AvgIpc) is 3.09. The Balaban J connectivity index is 1.51. The van der Waals surface area contributed by atoms with E-state index < -0.39 is 0 Å². The van der Waals surface area contributed by atoms with Crippen LogP contribution in [0.15, 0.2) is 24.3 Å². The molecule has 29 heavy (non-hydrogen) atoms. The second-order valence-corrected chi connectivity index (χ2v) is 7.91. The van der Waals surface area contributed by atoms with Crippen molar-refractivity contribution in [3.05, 3.63) is 68.2 Å². The topological polar surface area (TPSA) is 64.7 Å². The van der Waals surface area contributed by atoms with E-state index in [1.807, 2.05) is 61.3 Å². The summed E-state index contributed by atoms with van der Waals surface area (Å²) in [6, 6.07) is 7.55. The summed E-state index contributed by atoms with van der Waals surface area (Å²) >= 11 is 12.4. The molecule has 3 aromatic rings. The Labute approximate surface area is 180 Å². The molecule has 6 nitrogen and oxygen atoms in total. The number of benzene rings is 1. The number of nitrogens with zero attached hydrogens (tertiary/aromatic N) is 4. The van der Waals surface area contributed by atoms with Gasteiger partial charge in [0, 0.05) is 18.7 Å². The van der Waals surface area contributed by atoms with Crippen molar-refractivity contribution in [1.29, 1.82) is 0 Å². The first-order chi connectivity index (χ1) is 13.8. The number of nitrogens with one attached hydrogen (secondary N) is 1. The molecule has 0 spiro atoms.